The Labute approximate surface area is 121 Å². The summed E-state index contributed by atoms with van der Waals surface area (Å²) in [6.07, 6.45) is 2.03. The van der Waals surface area contributed by atoms with Crippen LogP contribution < -0.4 is 5.32 Å². The summed E-state index contributed by atoms with van der Waals surface area (Å²) in [5, 5.41) is 3.52. The normalized spacial score (nSPS) is 21.2. The van der Waals surface area contributed by atoms with Crippen molar-refractivity contribution in [2.24, 2.45) is 5.92 Å². The molecular weight excluding hydrogens is 313 g/mol. The molecule has 1 aromatic carbocycles. The number of benzene rings is 1. The largest absolute Gasteiger partial charge is 0.314 e. The van der Waals surface area contributed by atoms with Gasteiger partial charge < -0.3 is 5.32 Å². The zero-order chi connectivity index (χ0) is 13.0. The second-order valence-corrected chi connectivity index (χ2v) is 6.79. The number of likely N-dealkylation sites (N-methyl/N-ethyl adjacent to an activating group) is 1. The Hall–Kier alpha value is -0.0600. The molecule has 2 unspecified atom stereocenters. The van der Waals surface area contributed by atoms with Gasteiger partial charge in [-0.05, 0) is 60.6 Å². The van der Waals surface area contributed by atoms with Crippen molar-refractivity contribution in [1.82, 2.24) is 5.32 Å². The Morgan fingerprint density at radius 1 is 1.56 bits per heavy atom. The molecule has 100 valence electrons. The van der Waals surface area contributed by atoms with Crippen molar-refractivity contribution in [2.75, 3.05) is 18.1 Å². The van der Waals surface area contributed by atoms with E-state index in [-0.39, 0.29) is 5.82 Å². The molecule has 2 rings (SSSR count). The Kier molecular flexibility index (Phi) is 5.52. The summed E-state index contributed by atoms with van der Waals surface area (Å²) < 4.78 is 14.8. The SMILES string of the molecule is CCNC(Cc1cc(Br)ccc1F)C1CCSC1. The monoisotopic (exact) mass is 331 g/mol. The van der Waals surface area contributed by atoms with Crippen molar-refractivity contribution in [3.8, 4) is 0 Å². The van der Waals surface area contributed by atoms with Crippen LogP contribution in [0.25, 0.3) is 0 Å². The molecule has 1 nitrogen and oxygen atoms in total. The molecule has 2 atom stereocenters. The standard InChI is InChI=1S/C14H19BrFNS/c1-2-17-14(10-5-6-18-9-10)8-11-7-12(15)3-4-13(11)16/h3-4,7,10,14,17H,2,5-6,8-9H2,1H3. The third-order valence-electron chi connectivity index (χ3n) is 3.45. The van der Waals surface area contributed by atoms with Gasteiger partial charge in [0.1, 0.15) is 5.82 Å². The minimum absolute atomic E-state index is 0.0910. The summed E-state index contributed by atoms with van der Waals surface area (Å²) in [7, 11) is 0. The minimum Gasteiger partial charge on any atom is -0.314 e. The van der Waals surface area contributed by atoms with Crippen molar-refractivity contribution < 1.29 is 4.39 Å². The van der Waals surface area contributed by atoms with Crippen LogP contribution in [0.5, 0.6) is 0 Å². The molecule has 1 aliphatic heterocycles. The van der Waals surface area contributed by atoms with Crippen LogP contribution in [0.4, 0.5) is 4.39 Å². The van der Waals surface area contributed by atoms with E-state index >= 15 is 0 Å². The fraction of sp³-hybridized carbons (Fsp3) is 0.571. The molecule has 1 aromatic rings. The van der Waals surface area contributed by atoms with Gasteiger partial charge in [0, 0.05) is 10.5 Å². The van der Waals surface area contributed by atoms with Gasteiger partial charge in [0.05, 0.1) is 0 Å². The molecule has 0 saturated carbocycles. The van der Waals surface area contributed by atoms with Crippen LogP contribution in [0.15, 0.2) is 22.7 Å². The molecule has 0 aromatic heterocycles. The van der Waals surface area contributed by atoms with Crippen LogP contribution in [0, 0.1) is 11.7 Å². The van der Waals surface area contributed by atoms with Crippen LogP contribution >= 0.6 is 27.7 Å². The van der Waals surface area contributed by atoms with Gasteiger partial charge >= 0.3 is 0 Å². The zero-order valence-corrected chi connectivity index (χ0v) is 13.0. The lowest BCUT2D eigenvalue weighted by atomic mass is 9.93. The lowest BCUT2D eigenvalue weighted by molar-refractivity contribution is 0.382. The van der Waals surface area contributed by atoms with E-state index in [1.807, 2.05) is 17.8 Å². The van der Waals surface area contributed by atoms with Crippen molar-refractivity contribution in [3.05, 3.63) is 34.1 Å². The first kappa shape index (κ1) is 14.4. The summed E-state index contributed by atoms with van der Waals surface area (Å²) in [5.74, 6) is 3.03. The highest BCUT2D eigenvalue weighted by molar-refractivity contribution is 9.10. The van der Waals surface area contributed by atoms with E-state index in [0.717, 1.165) is 23.0 Å². The van der Waals surface area contributed by atoms with E-state index in [0.29, 0.717) is 12.0 Å². The Morgan fingerprint density at radius 3 is 3.06 bits per heavy atom. The van der Waals surface area contributed by atoms with E-state index < -0.39 is 0 Å². The minimum atomic E-state index is -0.0910. The lowest BCUT2D eigenvalue weighted by Gasteiger charge is -2.24. The van der Waals surface area contributed by atoms with Crippen LogP contribution in [-0.2, 0) is 6.42 Å². The predicted molar refractivity (Wildman–Crippen MR) is 80.7 cm³/mol. The second kappa shape index (κ2) is 6.92. The molecule has 1 saturated heterocycles. The molecule has 4 heteroatoms. The van der Waals surface area contributed by atoms with Crippen LogP contribution in [0.2, 0.25) is 0 Å². The fourth-order valence-electron chi connectivity index (χ4n) is 2.47. The van der Waals surface area contributed by atoms with Gasteiger partial charge in [0.25, 0.3) is 0 Å². The molecule has 0 spiro atoms. The summed E-state index contributed by atoms with van der Waals surface area (Å²) in [6, 6.07) is 5.61. The number of hydrogen-bond donors (Lipinski definition) is 1. The highest BCUT2D eigenvalue weighted by atomic mass is 79.9. The van der Waals surface area contributed by atoms with Gasteiger partial charge in [-0.2, -0.15) is 11.8 Å². The maximum Gasteiger partial charge on any atom is 0.126 e. The highest BCUT2D eigenvalue weighted by Gasteiger charge is 2.25. The van der Waals surface area contributed by atoms with E-state index in [4.69, 9.17) is 0 Å². The lowest BCUT2D eigenvalue weighted by Crippen LogP contribution is -2.38. The molecule has 1 fully saturated rings. The average molecular weight is 332 g/mol. The quantitative estimate of drug-likeness (QED) is 0.879. The summed E-state index contributed by atoms with van der Waals surface area (Å²) in [4.78, 5) is 0. The van der Waals surface area contributed by atoms with Crippen molar-refractivity contribution in [1.29, 1.82) is 0 Å². The zero-order valence-electron chi connectivity index (χ0n) is 10.6. The van der Waals surface area contributed by atoms with E-state index in [2.05, 4.69) is 28.2 Å². The van der Waals surface area contributed by atoms with Crippen molar-refractivity contribution >= 4 is 27.7 Å². The molecule has 1 N–H and O–H groups in total. The molecular formula is C14H19BrFNS. The van der Waals surface area contributed by atoms with Gasteiger partial charge in [0.2, 0.25) is 0 Å². The molecule has 0 radical (unpaired) electrons. The number of halogens is 2. The maximum atomic E-state index is 13.8. The predicted octanol–water partition coefficient (Wildman–Crippen LogP) is 3.86. The molecule has 0 aliphatic carbocycles. The van der Waals surface area contributed by atoms with Crippen LogP contribution in [-0.4, -0.2) is 24.1 Å². The van der Waals surface area contributed by atoms with Gasteiger partial charge in [-0.1, -0.05) is 22.9 Å². The topological polar surface area (TPSA) is 12.0 Å². The number of rotatable bonds is 5. The molecule has 0 bridgehead atoms. The van der Waals surface area contributed by atoms with Crippen molar-refractivity contribution in [2.45, 2.75) is 25.8 Å². The second-order valence-electron chi connectivity index (χ2n) is 4.73. The van der Waals surface area contributed by atoms with Gasteiger partial charge in [0.15, 0.2) is 0 Å². The first-order valence-corrected chi connectivity index (χ1v) is 8.40. The fourth-order valence-corrected chi connectivity index (χ4v) is 4.22. The van der Waals surface area contributed by atoms with Crippen LogP contribution in [0.3, 0.4) is 0 Å². The van der Waals surface area contributed by atoms with E-state index in [1.165, 1.54) is 17.9 Å². The number of nitrogens with one attached hydrogen (secondary N) is 1. The highest BCUT2D eigenvalue weighted by Crippen LogP contribution is 2.28. The maximum absolute atomic E-state index is 13.8. The van der Waals surface area contributed by atoms with E-state index in [9.17, 15) is 4.39 Å². The van der Waals surface area contributed by atoms with Gasteiger partial charge in [-0.15, -0.1) is 0 Å². The summed E-state index contributed by atoms with van der Waals surface area (Å²) in [6.45, 7) is 3.06. The first-order chi connectivity index (χ1) is 8.70. The third kappa shape index (κ3) is 3.72. The van der Waals surface area contributed by atoms with Crippen LogP contribution in [0.1, 0.15) is 18.9 Å². The summed E-state index contributed by atoms with van der Waals surface area (Å²) in [5.41, 5.74) is 0.812. The number of thioether (sulfide) groups is 1. The van der Waals surface area contributed by atoms with E-state index in [1.54, 1.807) is 12.1 Å². The molecule has 1 heterocycles. The Balaban J connectivity index is 2.09. The molecule has 1 aliphatic rings. The Bertz CT molecular complexity index is 393. The smallest absolute Gasteiger partial charge is 0.126 e. The van der Waals surface area contributed by atoms with Crippen molar-refractivity contribution in [3.63, 3.8) is 0 Å². The molecule has 0 amide bonds. The average Bonchev–Trinajstić information content (AvgIpc) is 2.87. The van der Waals surface area contributed by atoms with Gasteiger partial charge in [-0.25, -0.2) is 4.39 Å². The van der Waals surface area contributed by atoms with Gasteiger partial charge in [-0.3, -0.25) is 0 Å². The first-order valence-electron chi connectivity index (χ1n) is 6.45. The third-order valence-corrected chi connectivity index (χ3v) is 5.13. The molecule has 18 heavy (non-hydrogen) atoms. The Morgan fingerprint density at radius 2 is 2.39 bits per heavy atom. The summed E-state index contributed by atoms with van der Waals surface area (Å²) >= 11 is 5.43. The number of hydrogen-bond acceptors (Lipinski definition) is 2.